The number of rotatable bonds is 2. The molecule has 0 aromatic heterocycles. The molecule has 48 valence electrons. The number of ether oxygens (including phenoxy) is 1. The van der Waals surface area contributed by atoms with Crippen molar-refractivity contribution in [2.75, 3.05) is 7.11 Å². The van der Waals surface area contributed by atoms with Gasteiger partial charge in [0.15, 0.2) is 0 Å². The van der Waals surface area contributed by atoms with E-state index in [1.807, 2.05) is 0 Å². The Labute approximate surface area is 51.0 Å². The van der Waals surface area contributed by atoms with E-state index in [9.17, 15) is 0 Å². The minimum atomic E-state index is 0.593. The standard InChI is InChI=1S/C7H14O/c1-5(2)6-4-7(6)8-3/h5-7H,4H2,1-3H3. The summed E-state index contributed by atoms with van der Waals surface area (Å²) in [6.07, 6.45) is 1.88. The number of hydrogen-bond acceptors (Lipinski definition) is 1. The summed E-state index contributed by atoms with van der Waals surface area (Å²) in [7, 11) is 1.80. The van der Waals surface area contributed by atoms with Gasteiger partial charge in [-0.1, -0.05) is 13.8 Å². The van der Waals surface area contributed by atoms with Gasteiger partial charge in [0.1, 0.15) is 0 Å². The summed E-state index contributed by atoms with van der Waals surface area (Å²) < 4.78 is 5.14. The summed E-state index contributed by atoms with van der Waals surface area (Å²) in [5.74, 6) is 1.68. The lowest BCUT2D eigenvalue weighted by Gasteiger charge is -1.99. The minimum Gasteiger partial charge on any atom is -0.381 e. The minimum absolute atomic E-state index is 0.593. The zero-order valence-electron chi connectivity index (χ0n) is 5.85. The van der Waals surface area contributed by atoms with Crippen LogP contribution in [-0.2, 0) is 4.74 Å². The second kappa shape index (κ2) is 2.06. The monoisotopic (exact) mass is 114 g/mol. The molecular formula is C7H14O. The Bertz CT molecular complexity index is 78.5. The maximum Gasteiger partial charge on any atom is 0.0606 e. The summed E-state index contributed by atoms with van der Waals surface area (Å²) in [5.41, 5.74) is 0. The quantitative estimate of drug-likeness (QED) is 0.530. The van der Waals surface area contributed by atoms with Crippen molar-refractivity contribution in [2.24, 2.45) is 11.8 Å². The molecule has 0 saturated heterocycles. The normalized spacial score (nSPS) is 36.0. The van der Waals surface area contributed by atoms with Crippen LogP contribution in [-0.4, -0.2) is 13.2 Å². The van der Waals surface area contributed by atoms with E-state index in [-0.39, 0.29) is 0 Å². The third-order valence-corrected chi connectivity index (χ3v) is 1.94. The fourth-order valence-corrected chi connectivity index (χ4v) is 1.16. The highest BCUT2D eigenvalue weighted by Crippen LogP contribution is 2.39. The summed E-state index contributed by atoms with van der Waals surface area (Å²) >= 11 is 0. The number of hydrogen-bond donors (Lipinski definition) is 0. The topological polar surface area (TPSA) is 9.23 Å². The Morgan fingerprint density at radius 1 is 1.50 bits per heavy atom. The molecule has 0 spiro atoms. The van der Waals surface area contributed by atoms with Gasteiger partial charge < -0.3 is 4.74 Å². The Morgan fingerprint density at radius 3 is 2.25 bits per heavy atom. The van der Waals surface area contributed by atoms with Crippen LogP contribution in [0, 0.1) is 11.8 Å². The Kier molecular flexibility index (Phi) is 1.57. The summed E-state index contributed by atoms with van der Waals surface area (Å²) in [6, 6.07) is 0. The van der Waals surface area contributed by atoms with Crippen LogP contribution in [0.1, 0.15) is 20.3 Å². The van der Waals surface area contributed by atoms with Crippen LogP contribution in [0.4, 0.5) is 0 Å². The summed E-state index contributed by atoms with van der Waals surface area (Å²) in [5, 5.41) is 0. The van der Waals surface area contributed by atoms with E-state index in [2.05, 4.69) is 13.8 Å². The molecule has 1 aliphatic rings. The third kappa shape index (κ3) is 1.03. The molecule has 1 fully saturated rings. The van der Waals surface area contributed by atoms with E-state index in [1.165, 1.54) is 6.42 Å². The van der Waals surface area contributed by atoms with Crippen LogP contribution >= 0.6 is 0 Å². The highest BCUT2D eigenvalue weighted by molar-refractivity contribution is 4.89. The molecule has 8 heavy (non-hydrogen) atoms. The molecule has 1 rings (SSSR count). The van der Waals surface area contributed by atoms with Gasteiger partial charge >= 0.3 is 0 Å². The Hall–Kier alpha value is -0.0400. The van der Waals surface area contributed by atoms with Gasteiger partial charge in [-0.25, -0.2) is 0 Å². The van der Waals surface area contributed by atoms with Crippen molar-refractivity contribution in [1.82, 2.24) is 0 Å². The van der Waals surface area contributed by atoms with Gasteiger partial charge in [0.2, 0.25) is 0 Å². The molecular weight excluding hydrogens is 100 g/mol. The lowest BCUT2D eigenvalue weighted by Crippen LogP contribution is -1.97. The molecule has 0 aromatic rings. The predicted molar refractivity (Wildman–Crippen MR) is 33.7 cm³/mol. The molecule has 0 radical (unpaired) electrons. The van der Waals surface area contributed by atoms with Crippen LogP contribution in [0.25, 0.3) is 0 Å². The molecule has 0 aliphatic heterocycles. The van der Waals surface area contributed by atoms with Crippen LogP contribution in [0.5, 0.6) is 0 Å². The highest BCUT2D eigenvalue weighted by Gasteiger charge is 2.39. The van der Waals surface area contributed by atoms with Crippen LogP contribution in [0.15, 0.2) is 0 Å². The van der Waals surface area contributed by atoms with Gasteiger partial charge in [0, 0.05) is 7.11 Å². The molecule has 1 heteroatoms. The van der Waals surface area contributed by atoms with Gasteiger partial charge in [0.25, 0.3) is 0 Å². The molecule has 0 amide bonds. The Balaban J connectivity index is 2.16. The second-order valence-electron chi connectivity index (χ2n) is 2.92. The van der Waals surface area contributed by atoms with E-state index < -0.39 is 0 Å². The van der Waals surface area contributed by atoms with Gasteiger partial charge in [0.05, 0.1) is 6.10 Å². The largest absolute Gasteiger partial charge is 0.381 e. The second-order valence-corrected chi connectivity index (χ2v) is 2.92. The molecule has 0 heterocycles. The van der Waals surface area contributed by atoms with E-state index in [4.69, 9.17) is 4.74 Å². The smallest absolute Gasteiger partial charge is 0.0606 e. The molecule has 1 saturated carbocycles. The molecule has 2 atom stereocenters. The van der Waals surface area contributed by atoms with Crippen molar-refractivity contribution in [3.63, 3.8) is 0 Å². The zero-order valence-corrected chi connectivity index (χ0v) is 5.85. The van der Waals surface area contributed by atoms with Crippen LogP contribution in [0.3, 0.4) is 0 Å². The van der Waals surface area contributed by atoms with Crippen molar-refractivity contribution in [2.45, 2.75) is 26.4 Å². The van der Waals surface area contributed by atoms with Gasteiger partial charge in [-0.05, 0) is 18.3 Å². The Morgan fingerprint density at radius 2 is 2.12 bits per heavy atom. The average Bonchev–Trinajstić information content (AvgIpc) is 2.42. The first-order valence-corrected chi connectivity index (χ1v) is 3.28. The summed E-state index contributed by atoms with van der Waals surface area (Å²) in [4.78, 5) is 0. The molecule has 1 nitrogen and oxygen atoms in total. The zero-order chi connectivity index (χ0) is 6.15. The molecule has 2 unspecified atom stereocenters. The van der Waals surface area contributed by atoms with Crippen molar-refractivity contribution < 1.29 is 4.74 Å². The number of methoxy groups -OCH3 is 1. The highest BCUT2D eigenvalue weighted by atomic mass is 16.5. The first kappa shape index (κ1) is 6.09. The first-order chi connectivity index (χ1) is 3.75. The SMILES string of the molecule is COC1CC1C(C)C. The van der Waals surface area contributed by atoms with Crippen molar-refractivity contribution >= 4 is 0 Å². The van der Waals surface area contributed by atoms with Crippen LogP contribution < -0.4 is 0 Å². The van der Waals surface area contributed by atoms with E-state index >= 15 is 0 Å². The predicted octanol–water partition coefficient (Wildman–Crippen LogP) is 1.68. The third-order valence-electron chi connectivity index (χ3n) is 1.94. The fourth-order valence-electron chi connectivity index (χ4n) is 1.16. The van der Waals surface area contributed by atoms with Crippen molar-refractivity contribution in [3.8, 4) is 0 Å². The van der Waals surface area contributed by atoms with Crippen molar-refractivity contribution in [3.05, 3.63) is 0 Å². The van der Waals surface area contributed by atoms with Gasteiger partial charge in [-0.3, -0.25) is 0 Å². The summed E-state index contributed by atoms with van der Waals surface area (Å²) in [6.45, 7) is 4.51. The molecule has 1 aliphatic carbocycles. The van der Waals surface area contributed by atoms with E-state index in [0.717, 1.165) is 11.8 Å². The fraction of sp³-hybridized carbons (Fsp3) is 1.00. The van der Waals surface area contributed by atoms with Crippen molar-refractivity contribution in [1.29, 1.82) is 0 Å². The maximum absolute atomic E-state index is 5.14. The first-order valence-electron chi connectivity index (χ1n) is 3.28. The van der Waals surface area contributed by atoms with E-state index in [1.54, 1.807) is 7.11 Å². The van der Waals surface area contributed by atoms with Crippen LogP contribution in [0.2, 0.25) is 0 Å². The maximum atomic E-state index is 5.14. The van der Waals surface area contributed by atoms with Gasteiger partial charge in [-0.15, -0.1) is 0 Å². The molecule has 0 bridgehead atoms. The lowest BCUT2D eigenvalue weighted by atomic mass is 10.1. The molecule has 0 aromatic carbocycles. The molecule has 0 N–H and O–H groups in total. The lowest BCUT2D eigenvalue weighted by molar-refractivity contribution is 0.161. The van der Waals surface area contributed by atoms with Gasteiger partial charge in [-0.2, -0.15) is 0 Å². The van der Waals surface area contributed by atoms with E-state index in [0.29, 0.717) is 6.10 Å². The average molecular weight is 114 g/mol.